The van der Waals surface area contributed by atoms with E-state index in [1.807, 2.05) is 0 Å². The van der Waals surface area contributed by atoms with Crippen LogP contribution in [0, 0.1) is 5.41 Å². The maximum absolute atomic E-state index is 11.8. The largest absolute Gasteiger partial charge is 0.481 e. The van der Waals surface area contributed by atoms with Gasteiger partial charge in [0.2, 0.25) is 5.91 Å². The zero-order valence-corrected chi connectivity index (χ0v) is 10.6. The van der Waals surface area contributed by atoms with Gasteiger partial charge in [-0.25, -0.2) is 5.43 Å². The number of amides is 2. The number of carboxylic acid groups (broad SMARTS) is 1. The molecule has 1 heterocycles. The lowest BCUT2D eigenvalue weighted by molar-refractivity contribution is -0.141. The van der Waals surface area contributed by atoms with Crippen molar-refractivity contribution in [1.82, 2.24) is 10.7 Å². The number of nitrogens with one attached hydrogen (secondary N) is 2. The highest BCUT2D eigenvalue weighted by Gasteiger charge is 2.39. The van der Waals surface area contributed by atoms with E-state index in [2.05, 4.69) is 15.8 Å². The number of carbonyl (C=O) groups excluding carboxylic acids is 2. The third-order valence-electron chi connectivity index (χ3n) is 3.73. The molecule has 0 unspecified atom stereocenters. The Bertz CT molecular complexity index is 440. The average molecular weight is 267 g/mol. The molecule has 1 aliphatic heterocycles. The highest BCUT2D eigenvalue weighted by Crippen LogP contribution is 2.43. The summed E-state index contributed by atoms with van der Waals surface area (Å²) in [5.41, 5.74) is 2.25. The number of aliphatic carboxylic acids is 1. The second kappa shape index (κ2) is 5.38. The SMILES string of the molecule is O=C(O)CC1(CNC(=O)C2=NNC(=O)CC2)CCC1. The van der Waals surface area contributed by atoms with Crippen molar-refractivity contribution in [3.8, 4) is 0 Å². The summed E-state index contributed by atoms with van der Waals surface area (Å²) in [6, 6.07) is 0. The predicted molar refractivity (Wildman–Crippen MR) is 66.4 cm³/mol. The molecule has 104 valence electrons. The minimum atomic E-state index is -0.837. The van der Waals surface area contributed by atoms with Crippen molar-refractivity contribution in [3.05, 3.63) is 0 Å². The zero-order chi connectivity index (χ0) is 13.9. The van der Waals surface area contributed by atoms with Crippen LogP contribution < -0.4 is 10.7 Å². The summed E-state index contributed by atoms with van der Waals surface area (Å²) < 4.78 is 0. The van der Waals surface area contributed by atoms with E-state index in [4.69, 9.17) is 5.11 Å². The van der Waals surface area contributed by atoms with E-state index in [1.165, 1.54) is 0 Å². The van der Waals surface area contributed by atoms with Gasteiger partial charge in [-0.05, 0) is 18.3 Å². The molecule has 0 spiro atoms. The molecule has 0 atom stereocenters. The van der Waals surface area contributed by atoms with Gasteiger partial charge in [0.1, 0.15) is 5.71 Å². The van der Waals surface area contributed by atoms with E-state index in [0.29, 0.717) is 18.7 Å². The number of hydrogen-bond acceptors (Lipinski definition) is 4. The zero-order valence-electron chi connectivity index (χ0n) is 10.6. The molecule has 0 aromatic heterocycles. The van der Waals surface area contributed by atoms with E-state index in [9.17, 15) is 14.4 Å². The second-order valence-electron chi connectivity index (χ2n) is 5.20. The first-order valence-electron chi connectivity index (χ1n) is 6.36. The topological polar surface area (TPSA) is 108 Å². The Morgan fingerprint density at radius 1 is 1.37 bits per heavy atom. The highest BCUT2D eigenvalue weighted by atomic mass is 16.4. The Morgan fingerprint density at radius 2 is 2.11 bits per heavy atom. The molecule has 1 saturated carbocycles. The minimum Gasteiger partial charge on any atom is -0.481 e. The molecule has 19 heavy (non-hydrogen) atoms. The molecule has 0 radical (unpaired) electrons. The van der Waals surface area contributed by atoms with Crippen LogP contribution in [0.2, 0.25) is 0 Å². The summed E-state index contributed by atoms with van der Waals surface area (Å²) in [4.78, 5) is 33.6. The van der Waals surface area contributed by atoms with Gasteiger partial charge >= 0.3 is 5.97 Å². The van der Waals surface area contributed by atoms with Crippen LogP contribution in [0.25, 0.3) is 0 Å². The summed E-state index contributed by atoms with van der Waals surface area (Å²) >= 11 is 0. The quantitative estimate of drug-likeness (QED) is 0.652. The number of nitrogens with zero attached hydrogens (tertiary/aromatic N) is 1. The van der Waals surface area contributed by atoms with Crippen molar-refractivity contribution < 1.29 is 19.5 Å². The molecule has 0 saturated heterocycles. The Labute approximate surface area is 110 Å². The number of hydrogen-bond donors (Lipinski definition) is 3. The van der Waals surface area contributed by atoms with Gasteiger partial charge in [0.25, 0.3) is 5.91 Å². The van der Waals surface area contributed by atoms with Crippen LogP contribution in [0.4, 0.5) is 0 Å². The van der Waals surface area contributed by atoms with Gasteiger partial charge in [-0.3, -0.25) is 14.4 Å². The maximum atomic E-state index is 11.8. The minimum absolute atomic E-state index is 0.0799. The fraction of sp³-hybridized carbons (Fsp3) is 0.667. The van der Waals surface area contributed by atoms with Gasteiger partial charge in [0.15, 0.2) is 0 Å². The Kier molecular flexibility index (Phi) is 3.82. The molecule has 2 rings (SSSR count). The van der Waals surface area contributed by atoms with Crippen molar-refractivity contribution in [2.24, 2.45) is 10.5 Å². The van der Waals surface area contributed by atoms with Gasteiger partial charge in [-0.15, -0.1) is 0 Å². The lowest BCUT2D eigenvalue weighted by atomic mass is 9.66. The third-order valence-corrected chi connectivity index (χ3v) is 3.73. The van der Waals surface area contributed by atoms with Gasteiger partial charge in [0.05, 0.1) is 6.42 Å². The number of rotatable bonds is 5. The normalized spacial score (nSPS) is 20.8. The summed E-state index contributed by atoms with van der Waals surface area (Å²) in [5.74, 6) is -1.36. The first-order chi connectivity index (χ1) is 9.01. The van der Waals surface area contributed by atoms with Crippen molar-refractivity contribution in [3.63, 3.8) is 0 Å². The van der Waals surface area contributed by atoms with Crippen molar-refractivity contribution in [2.75, 3.05) is 6.54 Å². The molecule has 7 heteroatoms. The summed E-state index contributed by atoms with van der Waals surface area (Å²) in [6.45, 7) is 0.352. The van der Waals surface area contributed by atoms with Crippen molar-refractivity contribution >= 4 is 23.5 Å². The summed E-state index contributed by atoms with van der Waals surface area (Å²) in [6.07, 6.45) is 3.30. The van der Waals surface area contributed by atoms with Crippen LogP contribution in [0.3, 0.4) is 0 Å². The Morgan fingerprint density at radius 3 is 2.58 bits per heavy atom. The van der Waals surface area contributed by atoms with Crippen LogP contribution in [0.1, 0.15) is 38.5 Å². The lowest BCUT2D eigenvalue weighted by Gasteiger charge is -2.40. The molecular weight excluding hydrogens is 250 g/mol. The van der Waals surface area contributed by atoms with Crippen LogP contribution >= 0.6 is 0 Å². The standard InChI is InChI=1S/C12H17N3O4/c16-9-3-2-8(14-15-9)11(19)13-7-12(4-1-5-12)6-10(17)18/h1-7H2,(H,13,19)(H,15,16)(H,17,18). The van der Waals surface area contributed by atoms with Gasteiger partial charge in [-0.1, -0.05) is 6.42 Å². The monoisotopic (exact) mass is 267 g/mol. The van der Waals surface area contributed by atoms with Gasteiger partial charge in [-0.2, -0.15) is 5.10 Å². The average Bonchev–Trinajstić information content (AvgIpc) is 2.32. The summed E-state index contributed by atoms with van der Waals surface area (Å²) in [5, 5.41) is 15.3. The molecular formula is C12H17N3O4. The molecule has 2 aliphatic rings. The van der Waals surface area contributed by atoms with E-state index in [0.717, 1.165) is 19.3 Å². The molecule has 0 bridgehead atoms. The molecule has 3 N–H and O–H groups in total. The molecule has 0 aromatic rings. The number of carbonyl (C=O) groups is 3. The predicted octanol–water partition coefficient (Wildman–Crippen LogP) is 0.0136. The van der Waals surface area contributed by atoms with Crippen LogP contribution in [0.5, 0.6) is 0 Å². The van der Waals surface area contributed by atoms with Crippen LogP contribution in [-0.2, 0) is 14.4 Å². The van der Waals surface area contributed by atoms with Crippen molar-refractivity contribution in [2.45, 2.75) is 38.5 Å². The molecule has 7 nitrogen and oxygen atoms in total. The fourth-order valence-corrected chi connectivity index (χ4v) is 2.42. The molecule has 2 amide bonds. The highest BCUT2D eigenvalue weighted by molar-refractivity contribution is 6.39. The van der Waals surface area contributed by atoms with Crippen LogP contribution in [-0.4, -0.2) is 35.1 Å². The Hall–Kier alpha value is -1.92. The Balaban J connectivity index is 1.86. The first kappa shape index (κ1) is 13.5. The fourth-order valence-electron chi connectivity index (χ4n) is 2.42. The van der Waals surface area contributed by atoms with Crippen molar-refractivity contribution in [1.29, 1.82) is 0 Å². The number of carboxylic acids is 1. The first-order valence-corrected chi connectivity index (χ1v) is 6.36. The van der Waals surface area contributed by atoms with Gasteiger partial charge in [0, 0.05) is 19.4 Å². The van der Waals surface area contributed by atoms with Gasteiger partial charge < -0.3 is 10.4 Å². The second-order valence-corrected chi connectivity index (χ2v) is 5.20. The van der Waals surface area contributed by atoms with E-state index < -0.39 is 5.97 Å². The number of hydrazone groups is 1. The smallest absolute Gasteiger partial charge is 0.303 e. The maximum Gasteiger partial charge on any atom is 0.303 e. The molecule has 0 aromatic carbocycles. The third kappa shape index (κ3) is 3.30. The summed E-state index contributed by atoms with van der Waals surface area (Å²) in [7, 11) is 0. The van der Waals surface area contributed by atoms with E-state index in [1.54, 1.807) is 0 Å². The molecule has 1 fully saturated rings. The van der Waals surface area contributed by atoms with Crippen LogP contribution in [0.15, 0.2) is 5.10 Å². The van der Waals surface area contributed by atoms with E-state index in [-0.39, 0.29) is 30.1 Å². The lowest BCUT2D eigenvalue weighted by Crippen LogP contribution is -2.46. The van der Waals surface area contributed by atoms with E-state index >= 15 is 0 Å². The molecule has 1 aliphatic carbocycles.